The van der Waals surface area contributed by atoms with Crippen molar-refractivity contribution < 1.29 is 19.4 Å². The molecule has 0 unspecified atom stereocenters. The molecule has 18 heavy (non-hydrogen) atoms. The molecule has 0 radical (unpaired) electrons. The molecule has 0 fully saturated rings. The van der Waals surface area contributed by atoms with Gasteiger partial charge in [-0.2, -0.15) is 11.8 Å². The van der Waals surface area contributed by atoms with Gasteiger partial charge in [0.1, 0.15) is 5.60 Å². The van der Waals surface area contributed by atoms with Gasteiger partial charge in [0.25, 0.3) is 0 Å². The van der Waals surface area contributed by atoms with Crippen molar-refractivity contribution in [3.8, 4) is 0 Å². The number of aliphatic carboxylic acids is 1. The molecule has 0 aliphatic carbocycles. The van der Waals surface area contributed by atoms with E-state index in [0.717, 1.165) is 25.0 Å². The molecular formula is C12H23NO4S. The minimum Gasteiger partial charge on any atom is -0.481 e. The molecule has 0 bridgehead atoms. The average molecular weight is 277 g/mol. The number of carbonyl (C=O) groups excluding carboxylic acids is 1. The number of carbonyl (C=O) groups is 2. The third-order valence-corrected chi connectivity index (χ3v) is 2.89. The first-order valence-electron chi connectivity index (χ1n) is 6.07. The number of carboxylic acids is 1. The first-order valence-corrected chi connectivity index (χ1v) is 7.23. The number of alkyl carbamates (subject to hydrolysis) is 1. The van der Waals surface area contributed by atoms with Crippen molar-refractivity contribution >= 4 is 23.8 Å². The van der Waals surface area contributed by atoms with Crippen LogP contribution in [0.25, 0.3) is 0 Å². The number of carboxylic acid groups (broad SMARTS) is 1. The van der Waals surface area contributed by atoms with Crippen molar-refractivity contribution in [2.45, 2.75) is 45.6 Å². The predicted molar refractivity (Wildman–Crippen MR) is 73.0 cm³/mol. The highest BCUT2D eigenvalue weighted by Gasteiger charge is 2.15. The first-order chi connectivity index (χ1) is 8.31. The van der Waals surface area contributed by atoms with Crippen molar-refractivity contribution in [1.82, 2.24) is 5.32 Å². The highest BCUT2D eigenvalue weighted by atomic mass is 32.2. The van der Waals surface area contributed by atoms with Gasteiger partial charge in [-0.3, -0.25) is 4.79 Å². The van der Waals surface area contributed by atoms with Crippen molar-refractivity contribution in [2.75, 3.05) is 18.1 Å². The van der Waals surface area contributed by atoms with Crippen LogP contribution in [-0.4, -0.2) is 40.8 Å². The number of ether oxygens (including phenoxy) is 1. The maximum atomic E-state index is 11.3. The fraction of sp³-hybridized carbons (Fsp3) is 0.833. The molecule has 0 spiro atoms. The molecule has 0 atom stereocenters. The summed E-state index contributed by atoms with van der Waals surface area (Å²) in [5.41, 5.74) is -0.461. The van der Waals surface area contributed by atoms with Crippen LogP contribution in [0.1, 0.15) is 40.0 Å². The highest BCUT2D eigenvalue weighted by Crippen LogP contribution is 2.07. The number of nitrogens with one attached hydrogen (secondary N) is 1. The van der Waals surface area contributed by atoms with Gasteiger partial charge in [-0.25, -0.2) is 4.79 Å². The Labute approximate surface area is 113 Å². The molecule has 0 aromatic carbocycles. The third-order valence-electron chi connectivity index (χ3n) is 1.86. The van der Waals surface area contributed by atoms with Crippen molar-refractivity contribution in [3.05, 3.63) is 0 Å². The van der Waals surface area contributed by atoms with Crippen molar-refractivity contribution in [2.24, 2.45) is 0 Å². The summed E-state index contributed by atoms with van der Waals surface area (Å²) in [4.78, 5) is 21.5. The van der Waals surface area contributed by atoms with Gasteiger partial charge in [0.2, 0.25) is 0 Å². The molecule has 2 N–H and O–H groups in total. The summed E-state index contributed by atoms with van der Waals surface area (Å²) in [7, 11) is 0. The van der Waals surface area contributed by atoms with Gasteiger partial charge in [0.15, 0.2) is 0 Å². The van der Waals surface area contributed by atoms with E-state index in [1.165, 1.54) is 11.8 Å². The molecule has 0 heterocycles. The van der Waals surface area contributed by atoms with Crippen LogP contribution in [0.4, 0.5) is 4.79 Å². The lowest BCUT2D eigenvalue weighted by Gasteiger charge is -2.19. The molecule has 0 aliphatic heterocycles. The van der Waals surface area contributed by atoms with Crippen LogP contribution in [0.5, 0.6) is 0 Å². The van der Waals surface area contributed by atoms with E-state index >= 15 is 0 Å². The Balaban J connectivity index is 3.30. The summed E-state index contributed by atoms with van der Waals surface area (Å²) >= 11 is 1.42. The normalized spacial score (nSPS) is 11.1. The Morgan fingerprint density at radius 1 is 1.22 bits per heavy atom. The second-order valence-corrected chi connectivity index (χ2v) is 6.04. The van der Waals surface area contributed by atoms with Crippen molar-refractivity contribution in [1.29, 1.82) is 0 Å². The Hall–Kier alpha value is -0.910. The molecular weight excluding hydrogens is 254 g/mol. The van der Waals surface area contributed by atoms with E-state index in [2.05, 4.69) is 5.32 Å². The van der Waals surface area contributed by atoms with E-state index in [1.807, 2.05) is 20.8 Å². The molecule has 0 saturated carbocycles. The van der Waals surface area contributed by atoms with Crippen LogP contribution in [0.3, 0.4) is 0 Å². The molecule has 0 saturated heterocycles. The van der Waals surface area contributed by atoms with E-state index in [1.54, 1.807) is 0 Å². The lowest BCUT2D eigenvalue weighted by molar-refractivity contribution is -0.133. The van der Waals surface area contributed by atoms with E-state index in [-0.39, 0.29) is 11.8 Å². The van der Waals surface area contributed by atoms with Crippen LogP contribution >= 0.6 is 11.8 Å². The van der Waals surface area contributed by atoms with E-state index in [4.69, 9.17) is 9.84 Å². The van der Waals surface area contributed by atoms with Gasteiger partial charge in [-0.05, 0) is 39.4 Å². The van der Waals surface area contributed by atoms with Gasteiger partial charge >= 0.3 is 12.1 Å². The van der Waals surface area contributed by atoms with E-state index in [0.29, 0.717) is 6.54 Å². The van der Waals surface area contributed by atoms with Crippen molar-refractivity contribution in [3.63, 3.8) is 0 Å². The third kappa shape index (κ3) is 13.2. The minimum absolute atomic E-state index is 0.163. The summed E-state index contributed by atoms with van der Waals surface area (Å²) in [5.74, 6) is 0.237. The molecule has 0 aromatic rings. The van der Waals surface area contributed by atoms with Gasteiger partial charge in [-0.15, -0.1) is 0 Å². The molecule has 0 aliphatic rings. The standard InChI is InChI=1S/C12H23NO4S/c1-12(2,3)17-11(16)13-7-5-4-6-8-18-9-10(14)15/h4-9H2,1-3H3,(H,13,16)(H,14,15). The van der Waals surface area contributed by atoms with E-state index in [9.17, 15) is 9.59 Å². The van der Waals surface area contributed by atoms with Crippen LogP contribution < -0.4 is 5.32 Å². The van der Waals surface area contributed by atoms with E-state index < -0.39 is 11.6 Å². The molecule has 0 aromatic heterocycles. The predicted octanol–water partition coefficient (Wildman–Crippen LogP) is 2.50. The summed E-state index contributed by atoms with van der Waals surface area (Å²) < 4.78 is 5.09. The molecule has 0 rings (SSSR count). The lowest BCUT2D eigenvalue weighted by Crippen LogP contribution is -2.32. The highest BCUT2D eigenvalue weighted by molar-refractivity contribution is 7.99. The Bertz CT molecular complexity index is 263. The van der Waals surface area contributed by atoms with Gasteiger partial charge in [0.05, 0.1) is 5.75 Å². The summed E-state index contributed by atoms with van der Waals surface area (Å²) in [6.07, 6.45) is 2.44. The fourth-order valence-corrected chi connectivity index (χ4v) is 1.90. The van der Waals surface area contributed by atoms with Gasteiger partial charge in [-0.1, -0.05) is 6.42 Å². The second kappa shape index (κ2) is 9.08. The van der Waals surface area contributed by atoms with Crippen LogP contribution in [-0.2, 0) is 9.53 Å². The molecule has 1 amide bonds. The molecule has 106 valence electrons. The smallest absolute Gasteiger partial charge is 0.407 e. The van der Waals surface area contributed by atoms with Crippen LogP contribution in [0.2, 0.25) is 0 Å². The second-order valence-electron chi connectivity index (χ2n) is 4.94. The first kappa shape index (κ1) is 17.1. The van der Waals surface area contributed by atoms with Crippen LogP contribution in [0.15, 0.2) is 0 Å². The zero-order chi connectivity index (χ0) is 14.0. The molecule has 6 heteroatoms. The topological polar surface area (TPSA) is 75.6 Å². The quantitative estimate of drug-likeness (QED) is 0.667. The SMILES string of the molecule is CC(C)(C)OC(=O)NCCCCCSCC(=O)O. The number of thioether (sulfide) groups is 1. The number of hydrogen-bond acceptors (Lipinski definition) is 4. The summed E-state index contributed by atoms with van der Waals surface area (Å²) in [6, 6.07) is 0. The maximum absolute atomic E-state index is 11.3. The van der Waals surface area contributed by atoms with Gasteiger partial charge < -0.3 is 15.2 Å². The monoisotopic (exact) mass is 277 g/mol. The Kier molecular flexibility index (Phi) is 8.62. The number of unbranched alkanes of at least 4 members (excludes halogenated alkanes) is 2. The summed E-state index contributed by atoms with van der Waals surface area (Å²) in [6.45, 7) is 6.07. The molecule has 5 nitrogen and oxygen atoms in total. The lowest BCUT2D eigenvalue weighted by atomic mass is 10.2. The number of rotatable bonds is 8. The average Bonchev–Trinajstić information content (AvgIpc) is 2.18. The largest absolute Gasteiger partial charge is 0.481 e. The zero-order valence-electron chi connectivity index (χ0n) is 11.3. The number of hydrogen-bond donors (Lipinski definition) is 2. The summed E-state index contributed by atoms with van der Waals surface area (Å²) in [5, 5.41) is 11.1. The van der Waals surface area contributed by atoms with Gasteiger partial charge in [0, 0.05) is 6.54 Å². The zero-order valence-corrected chi connectivity index (χ0v) is 12.1. The minimum atomic E-state index is -0.772. The van der Waals surface area contributed by atoms with Crippen LogP contribution in [0, 0.1) is 0 Å². The fourth-order valence-electron chi connectivity index (χ4n) is 1.17. The number of amides is 1. The Morgan fingerprint density at radius 2 is 1.89 bits per heavy atom. The maximum Gasteiger partial charge on any atom is 0.407 e. The Morgan fingerprint density at radius 3 is 2.44 bits per heavy atom.